The minimum Gasteiger partial charge on any atom is -0.471 e. The number of anilines is 1. The molecule has 0 fully saturated rings. The lowest BCUT2D eigenvalue weighted by atomic mass is 10.1. The standard InChI is InChI=1S/C9H11NO/c1-2-7-3-4-8-9(5-7)11-6-10-8/h3-5,10H,2,6H2,1H3. The number of fused-ring (bicyclic) bond motifs is 1. The van der Waals surface area contributed by atoms with Crippen LogP contribution in [0.1, 0.15) is 12.5 Å². The van der Waals surface area contributed by atoms with Gasteiger partial charge in [0, 0.05) is 0 Å². The third-order valence-corrected chi connectivity index (χ3v) is 1.94. The van der Waals surface area contributed by atoms with Crippen molar-refractivity contribution in [1.82, 2.24) is 0 Å². The smallest absolute Gasteiger partial charge is 0.159 e. The molecule has 58 valence electrons. The van der Waals surface area contributed by atoms with Crippen LogP contribution in [0.15, 0.2) is 18.2 Å². The molecule has 1 heterocycles. The maximum absolute atomic E-state index is 5.33. The summed E-state index contributed by atoms with van der Waals surface area (Å²) in [5, 5.41) is 3.13. The zero-order chi connectivity index (χ0) is 7.68. The van der Waals surface area contributed by atoms with Gasteiger partial charge in [-0.15, -0.1) is 0 Å². The fourth-order valence-corrected chi connectivity index (χ4v) is 1.24. The van der Waals surface area contributed by atoms with E-state index >= 15 is 0 Å². The van der Waals surface area contributed by atoms with Gasteiger partial charge in [-0.05, 0) is 24.1 Å². The molecule has 0 saturated carbocycles. The summed E-state index contributed by atoms with van der Waals surface area (Å²) >= 11 is 0. The molecule has 0 unspecified atom stereocenters. The number of ether oxygens (including phenoxy) is 1. The van der Waals surface area contributed by atoms with Gasteiger partial charge in [0.25, 0.3) is 0 Å². The van der Waals surface area contributed by atoms with Gasteiger partial charge in [0.2, 0.25) is 0 Å². The average molecular weight is 149 g/mol. The van der Waals surface area contributed by atoms with E-state index in [4.69, 9.17) is 4.74 Å². The SMILES string of the molecule is CCc1ccc2c(c1)OCN2. The molecule has 0 bridgehead atoms. The van der Waals surface area contributed by atoms with Crippen LogP contribution in [-0.4, -0.2) is 6.73 Å². The predicted octanol–water partition coefficient (Wildman–Crippen LogP) is 2.01. The van der Waals surface area contributed by atoms with E-state index in [-0.39, 0.29) is 0 Å². The fraction of sp³-hybridized carbons (Fsp3) is 0.333. The number of hydrogen-bond acceptors (Lipinski definition) is 2. The topological polar surface area (TPSA) is 21.3 Å². The third kappa shape index (κ3) is 1.04. The van der Waals surface area contributed by atoms with Crippen LogP contribution >= 0.6 is 0 Å². The Bertz CT molecular complexity index is 270. The molecule has 1 aromatic rings. The van der Waals surface area contributed by atoms with Crippen molar-refractivity contribution in [1.29, 1.82) is 0 Å². The first-order chi connectivity index (χ1) is 5.40. The van der Waals surface area contributed by atoms with Crippen molar-refractivity contribution >= 4 is 5.69 Å². The van der Waals surface area contributed by atoms with Gasteiger partial charge in [0.1, 0.15) is 5.75 Å². The molecule has 0 aliphatic carbocycles. The zero-order valence-corrected chi connectivity index (χ0v) is 6.55. The molecule has 2 heteroatoms. The summed E-state index contributed by atoms with van der Waals surface area (Å²) in [5.41, 5.74) is 2.44. The molecule has 1 aliphatic heterocycles. The Labute approximate surface area is 66.2 Å². The molecule has 11 heavy (non-hydrogen) atoms. The highest BCUT2D eigenvalue weighted by molar-refractivity contribution is 5.60. The lowest BCUT2D eigenvalue weighted by Gasteiger charge is -1.99. The monoisotopic (exact) mass is 149 g/mol. The van der Waals surface area contributed by atoms with Crippen LogP contribution in [0.2, 0.25) is 0 Å². The van der Waals surface area contributed by atoms with Crippen molar-refractivity contribution in [3.63, 3.8) is 0 Å². The molecule has 0 saturated heterocycles. The summed E-state index contributed by atoms with van der Waals surface area (Å²) in [7, 11) is 0. The van der Waals surface area contributed by atoms with Crippen molar-refractivity contribution in [3.05, 3.63) is 23.8 Å². The maximum Gasteiger partial charge on any atom is 0.159 e. The van der Waals surface area contributed by atoms with Crippen LogP contribution in [0, 0.1) is 0 Å². The predicted molar refractivity (Wildman–Crippen MR) is 44.9 cm³/mol. The van der Waals surface area contributed by atoms with Crippen molar-refractivity contribution in [2.75, 3.05) is 12.0 Å². The first-order valence-corrected chi connectivity index (χ1v) is 3.90. The zero-order valence-electron chi connectivity index (χ0n) is 6.55. The van der Waals surface area contributed by atoms with Crippen molar-refractivity contribution in [2.45, 2.75) is 13.3 Å². The van der Waals surface area contributed by atoms with Crippen molar-refractivity contribution < 1.29 is 4.74 Å². The summed E-state index contributed by atoms with van der Waals surface area (Å²) in [4.78, 5) is 0. The molecule has 1 N–H and O–H groups in total. The van der Waals surface area contributed by atoms with Crippen LogP contribution in [-0.2, 0) is 6.42 Å². The molecule has 0 aromatic heterocycles. The van der Waals surface area contributed by atoms with Crippen LogP contribution in [0.25, 0.3) is 0 Å². The largest absolute Gasteiger partial charge is 0.471 e. The molecule has 1 aliphatic rings. The van der Waals surface area contributed by atoms with E-state index in [1.165, 1.54) is 5.56 Å². The first kappa shape index (κ1) is 6.53. The van der Waals surface area contributed by atoms with E-state index in [0.717, 1.165) is 17.9 Å². The van der Waals surface area contributed by atoms with Crippen LogP contribution < -0.4 is 10.1 Å². The summed E-state index contributed by atoms with van der Waals surface area (Å²) in [6.07, 6.45) is 1.07. The molecular weight excluding hydrogens is 138 g/mol. The van der Waals surface area contributed by atoms with Crippen LogP contribution in [0.5, 0.6) is 5.75 Å². The molecule has 1 aromatic carbocycles. The van der Waals surface area contributed by atoms with Gasteiger partial charge in [0.15, 0.2) is 6.73 Å². The van der Waals surface area contributed by atoms with Crippen molar-refractivity contribution in [3.8, 4) is 5.75 Å². The first-order valence-electron chi connectivity index (χ1n) is 3.90. The molecule has 0 amide bonds. The summed E-state index contributed by atoms with van der Waals surface area (Å²) in [6, 6.07) is 6.29. The molecule has 0 atom stereocenters. The van der Waals surface area contributed by atoms with E-state index in [0.29, 0.717) is 6.73 Å². The van der Waals surface area contributed by atoms with Gasteiger partial charge in [-0.3, -0.25) is 0 Å². The van der Waals surface area contributed by atoms with Crippen molar-refractivity contribution in [2.24, 2.45) is 0 Å². The molecule has 0 radical (unpaired) electrons. The van der Waals surface area contributed by atoms with Gasteiger partial charge in [-0.25, -0.2) is 0 Å². The highest BCUT2D eigenvalue weighted by Crippen LogP contribution is 2.29. The Morgan fingerprint density at radius 2 is 2.45 bits per heavy atom. The van der Waals surface area contributed by atoms with E-state index in [9.17, 15) is 0 Å². The van der Waals surface area contributed by atoms with Gasteiger partial charge in [-0.1, -0.05) is 13.0 Å². The molecular formula is C9H11NO. The van der Waals surface area contributed by atoms with Gasteiger partial charge in [0.05, 0.1) is 5.69 Å². The van der Waals surface area contributed by atoms with E-state index in [1.54, 1.807) is 0 Å². The highest BCUT2D eigenvalue weighted by Gasteiger charge is 2.09. The highest BCUT2D eigenvalue weighted by atomic mass is 16.5. The number of aryl methyl sites for hydroxylation is 1. The fourth-order valence-electron chi connectivity index (χ4n) is 1.24. The molecule has 2 rings (SSSR count). The van der Waals surface area contributed by atoms with E-state index in [2.05, 4.69) is 30.4 Å². The van der Waals surface area contributed by atoms with Gasteiger partial charge < -0.3 is 10.1 Å². The van der Waals surface area contributed by atoms with Gasteiger partial charge in [-0.2, -0.15) is 0 Å². The summed E-state index contributed by atoms with van der Waals surface area (Å²) in [6.45, 7) is 2.76. The molecule has 2 nitrogen and oxygen atoms in total. The lowest BCUT2D eigenvalue weighted by molar-refractivity contribution is 0.372. The Morgan fingerprint density at radius 1 is 1.55 bits per heavy atom. The number of hydrogen-bond donors (Lipinski definition) is 1. The second kappa shape index (κ2) is 2.46. The maximum atomic E-state index is 5.33. The lowest BCUT2D eigenvalue weighted by Crippen LogP contribution is -1.96. The minimum absolute atomic E-state index is 0.614. The minimum atomic E-state index is 0.614. The average Bonchev–Trinajstić information content (AvgIpc) is 2.50. The second-order valence-corrected chi connectivity index (χ2v) is 2.65. The Kier molecular flexibility index (Phi) is 1.46. The van der Waals surface area contributed by atoms with E-state index in [1.807, 2.05) is 0 Å². The van der Waals surface area contributed by atoms with Gasteiger partial charge >= 0.3 is 0 Å². The summed E-state index contributed by atoms with van der Waals surface area (Å²) in [5.74, 6) is 0.990. The number of benzene rings is 1. The Hall–Kier alpha value is -1.18. The third-order valence-electron chi connectivity index (χ3n) is 1.94. The Morgan fingerprint density at radius 3 is 3.27 bits per heavy atom. The van der Waals surface area contributed by atoms with Crippen LogP contribution in [0.4, 0.5) is 5.69 Å². The quantitative estimate of drug-likeness (QED) is 0.659. The Balaban J connectivity index is 2.41. The number of rotatable bonds is 1. The second-order valence-electron chi connectivity index (χ2n) is 2.65. The normalized spacial score (nSPS) is 13.5. The number of nitrogens with one attached hydrogen (secondary N) is 1. The molecule has 0 spiro atoms. The summed E-state index contributed by atoms with van der Waals surface area (Å²) < 4.78 is 5.33. The van der Waals surface area contributed by atoms with Crippen LogP contribution in [0.3, 0.4) is 0 Å². The van der Waals surface area contributed by atoms with E-state index < -0.39 is 0 Å².